The first-order valence-electron chi connectivity index (χ1n) is 3.15. The van der Waals surface area contributed by atoms with Gasteiger partial charge in [0.25, 0.3) is 0 Å². The van der Waals surface area contributed by atoms with E-state index >= 15 is 0 Å². The second-order valence-electron chi connectivity index (χ2n) is 2.03. The fourth-order valence-corrected chi connectivity index (χ4v) is 0.118. The summed E-state index contributed by atoms with van der Waals surface area (Å²) in [4.78, 5) is 18.6. The Balaban J connectivity index is -0.0000000651. The van der Waals surface area contributed by atoms with Gasteiger partial charge < -0.3 is 31.3 Å². The number of carboxylic acid groups (broad SMARTS) is 2. The van der Waals surface area contributed by atoms with Gasteiger partial charge in [-0.1, -0.05) is 6.92 Å². The third kappa shape index (κ3) is 38.2. The van der Waals surface area contributed by atoms with Crippen LogP contribution in [0.2, 0.25) is 0 Å². The smallest absolute Gasteiger partial charge is 0.679 e. The molecule has 0 aliphatic carbocycles. The molecule has 0 rings (SSSR count). The van der Waals surface area contributed by atoms with Crippen molar-refractivity contribution in [1.82, 2.24) is 0 Å². The first-order valence-corrected chi connectivity index (χ1v) is 3.15. The van der Waals surface area contributed by atoms with E-state index in [0.29, 0.717) is 0 Å². The minimum absolute atomic E-state index is 0. The zero-order valence-electron chi connectivity index (χ0n) is 7.96. The van der Waals surface area contributed by atoms with Crippen LogP contribution in [0.5, 0.6) is 0 Å². The number of carbonyl (C=O) groups excluding carboxylic acids is 2. The van der Waals surface area contributed by atoms with Crippen LogP contribution >= 0.6 is 0 Å². The Morgan fingerprint density at radius 1 is 1.29 bits per heavy atom. The summed E-state index contributed by atoms with van der Waals surface area (Å²) in [5.74, 6) is -3.25. The fourth-order valence-electron chi connectivity index (χ4n) is 0.118. The predicted octanol–water partition coefficient (Wildman–Crippen LogP) is -4.64. The number of aliphatic carboxylic acids is 2. The molecule has 0 heterocycles. The number of carbonyl (C=O) groups is 2. The maximum Gasteiger partial charge on any atom is 3.00 e. The molecule has 2 N–H and O–H groups in total. The van der Waals surface area contributed by atoms with E-state index in [1.807, 2.05) is 0 Å². The number of hydrogen-bond acceptors (Lipinski definition) is 4. The number of rotatable bonds is 3. The van der Waals surface area contributed by atoms with E-state index in [4.69, 9.17) is 11.5 Å². The number of carboxylic acids is 2. The van der Waals surface area contributed by atoms with E-state index in [1.165, 1.54) is 0 Å². The van der Waals surface area contributed by atoms with Crippen molar-refractivity contribution in [3.8, 4) is 0 Å². The average molecular weight is 272 g/mol. The zero-order chi connectivity index (χ0) is 10.1. The van der Waals surface area contributed by atoms with Crippen molar-refractivity contribution in [2.75, 3.05) is 6.54 Å². The van der Waals surface area contributed by atoms with Gasteiger partial charge in [0.05, 0.1) is 0 Å². The Kier molecular flexibility index (Phi) is 28.5. The molecule has 0 spiro atoms. The van der Waals surface area contributed by atoms with Gasteiger partial charge in [0.15, 0.2) is 0 Å². The van der Waals surface area contributed by atoms with Crippen molar-refractivity contribution < 1.29 is 88.0 Å². The molecule has 1 atom stereocenters. The molecule has 14 heavy (non-hydrogen) atoms. The van der Waals surface area contributed by atoms with E-state index in [0.717, 1.165) is 0 Å². The molecule has 78 valence electrons. The third-order valence-corrected chi connectivity index (χ3v) is 0.595. The van der Waals surface area contributed by atoms with E-state index in [9.17, 15) is 19.8 Å². The average Bonchev–Trinajstić information content (AvgIpc) is 1.85. The molecule has 1 unspecified atom stereocenters. The SMILES string of the molecule is CC([NH-])C[NH-].O=C([O-])CC(=O)[O-].[Co+3].[K+]. The van der Waals surface area contributed by atoms with Crippen LogP contribution in [0.15, 0.2) is 0 Å². The normalized spacial score (nSPS) is 9.36. The van der Waals surface area contributed by atoms with Crippen LogP contribution < -0.4 is 61.6 Å². The van der Waals surface area contributed by atoms with Gasteiger partial charge in [0, 0.05) is 18.4 Å². The van der Waals surface area contributed by atoms with Gasteiger partial charge in [-0.05, 0) is 0 Å². The molecule has 0 radical (unpaired) electrons. The standard InChI is InChI=1S/C3H8N2.C3H4O4.Co.K/c1-3(5)2-4;4-2(5)1-3(6)7;;/h3-5H,2H2,1H3;1H2,(H,4,5)(H,6,7);;/q-2;;+3;+1/p-2. The van der Waals surface area contributed by atoms with Crippen molar-refractivity contribution in [2.45, 2.75) is 19.4 Å². The van der Waals surface area contributed by atoms with Gasteiger partial charge in [0.1, 0.15) is 0 Å². The second-order valence-corrected chi connectivity index (χ2v) is 2.03. The second kappa shape index (κ2) is 16.4. The maximum atomic E-state index is 9.28. The van der Waals surface area contributed by atoms with Gasteiger partial charge >= 0.3 is 68.2 Å². The summed E-state index contributed by atoms with van der Waals surface area (Å²) in [7, 11) is 0. The molecule has 8 heteroatoms. The minimum Gasteiger partial charge on any atom is -0.679 e. The van der Waals surface area contributed by atoms with Crippen LogP contribution in [0.4, 0.5) is 0 Å². The topological polar surface area (TPSA) is 128 Å². The minimum atomic E-state index is -1.63. The molecule has 0 aliphatic heterocycles. The van der Waals surface area contributed by atoms with Gasteiger partial charge in [-0.15, -0.1) is 0 Å². The summed E-state index contributed by atoms with van der Waals surface area (Å²) in [5.41, 5.74) is 13.1. The first kappa shape index (κ1) is 24.3. The van der Waals surface area contributed by atoms with Crippen LogP contribution in [-0.4, -0.2) is 24.5 Å². The Bertz CT molecular complexity index is 145. The fraction of sp³-hybridized carbons (Fsp3) is 0.667. The largest absolute Gasteiger partial charge is 3.00 e. The first-order chi connectivity index (χ1) is 5.40. The Morgan fingerprint density at radius 3 is 1.50 bits per heavy atom. The summed E-state index contributed by atoms with van der Waals surface area (Å²) < 4.78 is 0. The van der Waals surface area contributed by atoms with Crippen molar-refractivity contribution in [2.24, 2.45) is 0 Å². The van der Waals surface area contributed by atoms with Crippen LogP contribution in [0.3, 0.4) is 0 Å². The van der Waals surface area contributed by atoms with Crippen LogP contribution in [-0.2, 0) is 26.4 Å². The quantitative estimate of drug-likeness (QED) is 0.378. The summed E-state index contributed by atoms with van der Waals surface area (Å²) in [5, 5.41) is 18.6. The Hall–Kier alpha value is 1.00. The molecule has 6 nitrogen and oxygen atoms in total. The van der Waals surface area contributed by atoms with Gasteiger partial charge in [-0.25, -0.2) is 0 Å². The maximum absolute atomic E-state index is 9.28. The van der Waals surface area contributed by atoms with Crippen molar-refractivity contribution >= 4 is 11.9 Å². The van der Waals surface area contributed by atoms with Crippen LogP contribution in [0, 0.1) is 0 Å². The van der Waals surface area contributed by atoms with Crippen LogP contribution in [0.1, 0.15) is 13.3 Å². The summed E-state index contributed by atoms with van der Waals surface area (Å²) >= 11 is 0. The van der Waals surface area contributed by atoms with Gasteiger partial charge in [-0.2, -0.15) is 12.6 Å². The molecule has 0 amide bonds. The molecule has 0 saturated carbocycles. The predicted molar refractivity (Wildman–Crippen MR) is 37.6 cm³/mol. The van der Waals surface area contributed by atoms with E-state index < -0.39 is 18.4 Å². The van der Waals surface area contributed by atoms with Crippen molar-refractivity contribution in [1.29, 1.82) is 0 Å². The van der Waals surface area contributed by atoms with Crippen LogP contribution in [0.25, 0.3) is 11.5 Å². The zero-order valence-corrected chi connectivity index (χ0v) is 12.1. The molecule has 0 fully saturated rings. The van der Waals surface area contributed by atoms with E-state index in [2.05, 4.69) is 0 Å². The summed E-state index contributed by atoms with van der Waals surface area (Å²) in [6.45, 7) is 1.92. The molecular formula is C6H10CoKN2O4. The molecule has 0 aromatic heterocycles. The van der Waals surface area contributed by atoms with E-state index in [1.54, 1.807) is 6.92 Å². The Labute approximate surface area is 135 Å². The Morgan fingerprint density at radius 2 is 1.50 bits per heavy atom. The molecular weight excluding hydrogens is 262 g/mol. The summed E-state index contributed by atoms with van der Waals surface area (Å²) in [6, 6.07) is -0.199. The molecule has 0 saturated heterocycles. The number of hydrogen-bond donors (Lipinski definition) is 0. The van der Waals surface area contributed by atoms with Crippen molar-refractivity contribution in [3.63, 3.8) is 0 Å². The van der Waals surface area contributed by atoms with E-state index in [-0.39, 0.29) is 80.7 Å². The molecule has 0 aromatic carbocycles. The van der Waals surface area contributed by atoms with Gasteiger partial charge in [0.2, 0.25) is 0 Å². The molecule has 0 bridgehead atoms. The molecule has 0 aromatic rings. The van der Waals surface area contributed by atoms with Crippen molar-refractivity contribution in [3.05, 3.63) is 11.5 Å². The molecule has 0 aliphatic rings. The van der Waals surface area contributed by atoms with Gasteiger partial charge in [-0.3, -0.25) is 0 Å². The monoisotopic (exact) mass is 272 g/mol. The number of nitrogens with one attached hydrogen (secondary N) is 2. The third-order valence-electron chi connectivity index (χ3n) is 0.595. The summed E-state index contributed by atoms with van der Waals surface area (Å²) in [6.07, 6.45) is -1.03.